The average molecular weight is 312 g/mol. The Kier molecular flexibility index (Phi) is 6.35. The van der Waals surface area contributed by atoms with E-state index in [1.807, 2.05) is 0 Å². The maximum Gasteiger partial charge on any atom is 0.339 e. The molecule has 6 heteroatoms. The number of hydrogen-bond donors (Lipinski definition) is 0. The second-order valence-electron chi connectivity index (χ2n) is 5.47. The maximum atomic E-state index is 12.3. The fraction of sp³-hybridized carbons (Fsp3) is 0.600. The van der Waals surface area contributed by atoms with Crippen LogP contribution in [0.4, 0.5) is 0 Å². The van der Waals surface area contributed by atoms with Crippen LogP contribution in [0.2, 0.25) is 13.1 Å². The molecule has 1 heterocycles. The summed E-state index contributed by atoms with van der Waals surface area (Å²) in [6, 6.07) is 0. The van der Waals surface area contributed by atoms with E-state index in [0.717, 1.165) is 25.3 Å². The molecule has 1 saturated heterocycles. The molecule has 1 rings (SSSR count). The molecular formula is C15H24O5Si. The lowest BCUT2D eigenvalue weighted by Crippen LogP contribution is -2.51. The van der Waals surface area contributed by atoms with Crippen LogP contribution in [0.3, 0.4) is 0 Å². The molecule has 0 radical (unpaired) electrons. The zero-order valence-electron chi connectivity index (χ0n) is 13.2. The Labute approximate surface area is 127 Å². The molecule has 1 aliphatic heterocycles. The number of carbonyl (C=O) groups is 2. The Morgan fingerprint density at radius 3 is 2.43 bits per heavy atom. The molecule has 0 bridgehead atoms. The molecule has 1 unspecified atom stereocenters. The number of esters is 2. The Morgan fingerprint density at radius 2 is 1.95 bits per heavy atom. The summed E-state index contributed by atoms with van der Waals surface area (Å²) in [5.41, 5.74) is -0.479. The molecule has 0 aromatic rings. The zero-order chi connectivity index (χ0) is 16.0. The number of rotatable bonds is 5. The average Bonchev–Trinajstić information content (AvgIpc) is 2.46. The third kappa shape index (κ3) is 4.54. The second kappa shape index (κ2) is 7.56. The molecule has 21 heavy (non-hydrogen) atoms. The van der Waals surface area contributed by atoms with Gasteiger partial charge >= 0.3 is 11.9 Å². The Hall–Kier alpha value is -1.40. The van der Waals surface area contributed by atoms with Crippen molar-refractivity contribution in [1.82, 2.24) is 0 Å². The minimum Gasteiger partial charge on any atom is -0.434 e. The largest absolute Gasteiger partial charge is 0.434 e. The molecule has 1 fully saturated rings. The van der Waals surface area contributed by atoms with Gasteiger partial charge in [-0.2, -0.15) is 0 Å². The van der Waals surface area contributed by atoms with Crippen LogP contribution in [0.5, 0.6) is 0 Å². The van der Waals surface area contributed by atoms with E-state index in [-0.39, 0.29) is 11.3 Å². The van der Waals surface area contributed by atoms with Gasteiger partial charge in [0.25, 0.3) is 0 Å². The Bertz CT molecular complexity index is 447. The molecule has 5 nitrogen and oxygen atoms in total. The van der Waals surface area contributed by atoms with Gasteiger partial charge < -0.3 is 14.2 Å². The van der Waals surface area contributed by atoms with Crippen molar-refractivity contribution < 1.29 is 23.8 Å². The molecule has 0 saturated carbocycles. The molecule has 0 spiro atoms. The lowest BCUT2D eigenvalue weighted by atomic mass is 10.2. The van der Waals surface area contributed by atoms with E-state index in [9.17, 15) is 9.59 Å². The standard InChI is InChI=1S/C15H24O5Si/c1-6-13(16)19-12(3)11(2)14(17)20-15(21(4)5)9-7-8-10-18-15/h6,21H,1,7-10H2,2-5H3. The van der Waals surface area contributed by atoms with Gasteiger partial charge in [-0.05, 0) is 26.7 Å². The third-order valence-electron chi connectivity index (χ3n) is 3.67. The van der Waals surface area contributed by atoms with Gasteiger partial charge in [0.1, 0.15) is 14.6 Å². The molecular weight excluding hydrogens is 288 g/mol. The number of ether oxygens (including phenoxy) is 3. The lowest BCUT2D eigenvalue weighted by Gasteiger charge is -2.39. The fourth-order valence-corrected chi connectivity index (χ4v) is 3.67. The van der Waals surface area contributed by atoms with E-state index < -0.39 is 26.1 Å². The summed E-state index contributed by atoms with van der Waals surface area (Å²) >= 11 is 0. The predicted molar refractivity (Wildman–Crippen MR) is 82.2 cm³/mol. The van der Waals surface area contributed by atoms with Crippen molar-refractivity contribution in [3.63, 3.8) is 0 Å². The van der Waals surface area contributed by atoms with Crippen LogP contribution in [0.1, 0.15) is 33.1 Å². The highest BCUT2D eigenvalue weighted by Crippen LogP contribution is 2.30. The summed E-state index contributed by atoms with van der Waals surface area (Å²) in [6.45, 7) is 11.3. The van der Waals surface area contributed by atoms with Crippen LogP contribution in [0.25, 0.3) is 0 Å². The molecule has 1 atom stereocenters. The number of hydrogen-bond acceptors (Lipinski definition) is 5. The molecule has 118 valence electrons. The van der Waals surface area contributed by atoms with E-state index in [2.05, 4.69) is 19.7 Å². The number of carbonyl (C=O) groups excluding carboxylic acids is 2. The van der Waals surface area contributed by atoms with Gasteiger partial charge in [-0.1, -0.05) is 19.7 Å². The van der Waals surface area contributed by atoms with Crippen molar-refractivity contribution in [1.29, 1.82) is 0 Å². The van der Waals surface area contributed by atoms with E-state index in [1.54, 1.807) is 13.8 Å². The monoisotopic (exact) mass is 312 g/mol. The first kappa shape index (κ1) is 17.6. The first-order valence-corrected chi connectivity index (χ1v) is 10.1. The molecule has 1 aliphatic rings. The summed E-state index contributed by atoms with van der Waals surface area (Å²) < 4.78 is 16.4. The predicted octanol–water partition coefficient (Wildman–Crippen LogP) is 2.48. The van der Waals surface area contributed by atoms with Crippen molar-refractivity contribution in [3.05, 3.63) is 24.0 Å². The summed E-state index contributed by atoms with van der Waals surface area (Å²) in [5.74, 6) is -0.866. The minimum atomic E-state index is -1.36. The van der Waals surface area contributed by atoms with Crippen molar-refractivity contribution in [2.45, 2.75) is 51.6 Å². The summed E-state index contributed by atoms with van der Waals surface area (Å²) in [6.07, 6.45) is 3.77. The van der Waals surface area contributed by atoms with Crippen LogP contribution in [0, 0.1) is 0 Å². The summed E-state index contributed by atoms with van der Waals surface area (Å²) in [7, 11) is -1.36. The first-order chi connectivity index (χ1) is 9.82. The molecule has 0 aromatic carbocycles. The van der Waals surface area contributed by atoms with Crippen molar-refractivity contribution in [3.8, 4) is 0 Å². The van der Waals surface area contributed by atoms with Crippen LogP contribution >= 0.6 is 0 Å². The van der Waals surface area contributed by atoms with Crippen molar-refractivity contribution >= 4 is 20.7 Å². The van der Waals surface area contributed by atoms with Gasteiger partial charge in [0.05, 0.1) is 12.2 Å². The van der Waals surface area contributed by atoms with Gasteiger partial charge in [-0.25, -0.2) is 9.59 Å². The smallest absolute Gasteiger partial charge is 0.339 e. The van der Waals surface area contributed by atoms with E-state index in [0.29, 0.717) is 6.61 Å². The topological polar surface area (TPSA) is 61.8 Å². The van der Waals surface area contributed by atoms with Crippen molar-refractivity contribution in [2.75, 3.05) is 6.61 Å². The lowest BCUT2D eigenvalue weighted by molar-refractivity contribution is -0.205. The number of allylic oxidation sites excluding steroid dienone is 1. The SMILES string of the molecule is C=CC(=O)OC(C)=C(C)C(=O)OC1([SiH](C)C)CCCCO1. The third-order valence-corrected chi connectivity index (χ3v) is 6.00. The Balaban J connectivity index is 2.84. The normalized spacial score (nSPS) is 23.3. The Morgan fingerprint density at radius 1 is 1.29 bits per heavy atom. The van der Waals surface area contributed by atoms with Crippen LogP contribution in [0.15, 0.2) is 24.0 Å². The molecule has 0 aliphatic carbocycles. The fourth-order valence-electron chi connectivity index (χ4n) is 2.09. The van der Waals surface area contributed by atoms with Crippen molar-refractivity contribution in [2.24, 2.45) is 0 Å². The van der Waals surface area contributed by atoms with Crippen LogP contribution in [-0.4, -0.2) is 32.8 Å². The quantitative estimate of drug-likeness (QED) is 0.338. The van der Waals surface area contributed by atoms with Crippen LogP contribution in [-0.2, 0) is 23.8 Å². The summed E-state index contributed by atoms with van der Waals surface area (Å²) in [5, 5.41) is 0. The molecule has 0 amide bonds. The molecule has 0 aromatic heterocycles. The maximum absolute atomic E-state index is 12.3. The minimum absolute atomic E-state index is 0.223. The summed E-state index contributed by atoms with van der Waals surface area (Å²) in [4.78, 5) is 23.4. The second-order valence-corrected chi connectivity index (χ2v) is 8.66. The van der Waals surface area contributed by atoms with Gasteiger partial charge in [-0.3, -0.25) is 0 Å². The van der Waals surface area contributed by atoms with Gasteiger partial charge in [-0.15, -0.1) is 0 Å². The zero-order valence-corrected chi connectivity index (χ0v) is 14.4. The van der Waals surface area contributed by atoms with Gasteiger partial charge in [0, 0.05) is 12.5 Å². The van der Waals surface area contributed by atoms with E-state index in [1.165, 1.54) is 0 Å². The van der Waals surface area contributed by atoms with Gasteiger partial charge in [0.15, 0.2) is 5.41 Å². The highest BCUT2D eigenvalue weighted by Gasteiger charge is 2.41. The van der Waals surface area contributed by atoms with E-state index in [4.69, 9.17) is 14.2 Å². The van der Waals surface area contributed by atoms with Gasteiger partial charge in [0.2, 0.25) is 0 Å². The highest BCUT2D eigenvalue weighted by molar-refractivity contribution is 6.58. The molecule has 0 N–H and O–H groups in total. The van der Waals surface area contributed by atoms with Crippen LogP contribution < -0.4 is 0 Å². The van der Waals surface area contributed by atoms with E-state index >= 15 is 0 Å². The highest BCUT2D eigenvalue weighted by atomic mass is 28.3. The first-order valence-electron chi connectivity index (χ1n) is 7.21.